The Morgan fingerprint density at radius 1 is 0.667 bits per heavy atom. The van der Waals surface area contributed by atoms with Crippen LogP contribution in [0.1, 0.15) is 59.3 Å². The molecule has 0 aliphatic carbocycles. The quantitative estimate of drug-likeness (QED) is 0.384. The molecule has 0 amide bonds. The Morgan fingerprint density at radius 3 is 0.722 bits per heavy atom. The molecule has 0 fully saturated rings. The molecule has 0 aromatic heterocycles. The van der Waals surface area contributed by atoms with E-state index >= 15 is 0 Å². The van der Waals surface area contributed by atoms with Crippen LogP contribution in [0, 0.1) is 20.8 Å². The van der Waals surface area contributed by atoms with E-state index in [0.717, 1.165) is 19.3 Å². The summed E-state index contributed by atoms with van der Waals surface area (Å²) in [6.07, 6.45) is 6.83. The molecule has 0 aliphatic heterocycles. The van der Waals surface area contributed by atoms with Crippen LogP contribution < -0.4 is 0 Å². The van der Waals surface area contributed by atoms with E-state index in [0.29, 0.717) is 0 Å². The fraction of sp³-hybridized carbons (Fsp3) is 0.750. The molecule has 0 heterocycles. The van der Waals surface area contributed by atoms with E-state index in [4.69, 9.17) is 37.2 Å². The molecule has 0 aromatic rings. The molecule has 0 spiro atoms. The van der Waals surface area contributed by atoms with Crippen molar-refractivity contribution in [2.75, 3.05) is 0 Å². The van der Waals surface area contributed by atoms with Gasteiger partial charge in [-0.15, -0.1) is 0 Å². The molecule has 18 heavy (non-hydrogen) atoms. The number of rotatable bonds is 3. The molecule has 0 aromatic carbocycles. The predicted molar refractivity (Wildman–Crippen MR) is 94.1 cm³/mol. The van der Waals surface area contributed by atoms with Gasteiger partial charge in [-0.25, -0.2) is 0 Å². The SMILES string of the molecule is [AlH3].[CH2-]CCC.[CH2-]CCC.[CH2-]CCC.[Cl][Ti]([Cl])([Cl])[Cl]. The van der Waals surface area contributed by atoms with Gasteiger partial charge in [0.1, 0.15) is 0 Å². The second-order valence-corrected chi connectivity index (χ2v) is 18.5. The van der Waals surface area contributed by atoms with E-state index in [1.807, 2.05) is 0 Å². The van der Waals surface area contributed by atoms with Gasteiger partial charge in [-0.05, 0) is 0 Å². The minimum absolute atomic E-state index is 0. The van der Waals surface area contributed by atoms with Crippen molar-refractivity contribution in [3.63, 3.8) is 0 Å². The zero-order valence-electron chi connectivity index (χ0n) is 11.4. The standard InChI is InChI=1S/3C4H9.Al.4ClH.Ti.3H/c3*1-3-4-2;;;;;;;;;/h3*1,3-4H2,2H3;;4*1H;;;;/q3*-1;;;;;;+4;;;/p-4. The van der Waals surface area contributed by atoms with Crippen LogP contribution in [0.4, 0.5) is 0 Å². The van der Waals surface area contributed by atoms with E-state index in [1.54, 1.807) is 0 Å². The van der Waals surface area contributed by atoms with Gasteiger partial charge in [0.05, 0.1) is 0 Å². The molecule has 0 aliphatic rings. The average molecular weight is 391 g/mol. The van der Waals surface area contributed by atoms with E-state index in [9.17, 15) is 0 Å². The third kappa shape index (κ3) is 191. The summed E-state index contributed by atoms with van der Waals surface area (Å²) < 4.78 is 0. The van der Waals surface area contributed by atoms with Crippen molar-refractivity contribution in [2.45, 2.75) is 59.3 Å². The van der Waals surface area contributed by atoms with Crippen molar-refractivity contribution < 1.29 is 12.3 Å². The molecular weight excluding hydrogens is 361 g/mol. The molecular formula is C12H30AlCl4Ti-3. The van der Waals surface area contributed by atoms with E-state index < -0.39 is 12.3 Å². The van der Waals surface area contributed by atoms with Gasteiger partial charge in [0, 0.05) is 0 Å². The fourth-order valence-corrected chi connectivity index (χ4v) is 0. The Bertz CT molecular complexity index is 79.1. The van der Waals surface area contributed by atoms with E-state index in [2.05, 4.69) is 41.5 Å². The zero-order chi connectivity index (χ0) is 14.7. The van der Waals surface area contributed by atoms with Crippen LogP contribution in [0.15, 0.2) is 0 Å². The summed E-state index contributed by atoms with van der Waals surface area (Å²) >= 11 is -3.11. The van der Waals surface area contributed by atoms with Crippen LogP contribution in [0.2, 0.25) is 0 Å². The third-order valence-corrected chi connectivity index (χ3v) is 1.06. The Hall–Kier alpha value is 2.41. The summed E-state index contributed by atoms with van der Waals surface area (Å²) in [5.74, 6) is 0. The number of hydrogen-bond acceptors (Lipinski definition) is 0. The maximum atomic E-state index is 5.01. The van der Waals surface area contributed by atoms with Gasteiger partial charge in [-0.1, -0.05) is 40.0 Å². The molecule has 0 nitrogen and oxygen atoms in total. The molecule has 0 saturated carbocycles. The number of unbranched alkanes of at least 4 members (excludes halogenated alkanes) is 3. The Morgan fingerprint density at radius 2 is 0.722 bits per heavy atom. The average Bonchev–Trinajstić information content (AvgIpc) is 2.27. The van der Waals surface area contributed by atoms with Gasteiger partial charge in [-0.3, -0.25) is 0 Å². The second kappa shape index (κ2) is 31.7. The summed E-state index contributed by atoms with van der Waals surface area (Å²) in [6, 6.07) is 0. The maximum absolute atomic E-state index is 5.01. The van der Waals surface area contributed by atoms with Gasteiger partial charge in [0.25, 0.3) is 0 Å². The number of halogens is 4. The van der Waals surface area contributed by atoms with Crippen LogP contribution in [-0.2, 0) is 12.3 Å². The summed E-state index contributed by atoms with van der Waals surface area (Å²) in [6.45, 7) is 17.2. The minimum atomic E-state index is -3.11. The van der Waals surface area contributed by atoms with Gasteiger partial charge >= 0.3 is 49.6 Å². The summed E-state index contributed by atoms with van der Waals surface area (Å²) in [5.41, 5.74) is 0. The first-order valence-electron chi connectivity index (χ1n) is 5.88. The van der Waals surface area contributed by atoms with Crippen molar-refractivity contribution in [3.05, 3.63) is 20.8 Å². The third-order valence-electron chi connectivity index (χ3n) is 1.06. The van der Waals surface area contributed by atoms with E-state index in [-0.39, 0.29) is 17.4 Å². The van der Waals surface area contributed by atoms with Gasteiger partial charge in [0.15, 0.2) is 17.4 Å². The summed E-state index contributed by atoms with van der Waals surface area (Å²) in [7, 11) is 20.1. The molecule has 0 saturated heterocycles. The molecule has 0 radical (unpaired) electrons. The van der Waals surface area contributed by atoms with Crippen molar-refractivity contribution >= 4 is 54.6 Å². The Kier molecular flexibility index (Phi) is 57.0. The first-order valence-corrected chi connectivity index (χ1v) is 14.5. The number of hydrogen-bond donors (Lipinski definition) is 0. The molecule has 0 unspecified atom stereocenters. The van der Waals surface area contributed by atoms with Gasteiger partial charge in [0.2, 0.25) is 0 Å². The summed E-state index contributed by atoms with van der Waals surface area (Å²) in [4.78, 5) is 0. The zero-order valence-corrected chi connectivity index (χ0v) is 16.0. The fourth-order valence-electron chi connectivity index (χ4n) is 0. The van der Waals surface area contributed by atoms with Crippen molar-refractivity contribution in [3.8, 4) is 0 Å². The monoisotopic (exact) mass is 389 g/mol. The van der Waals surface area contributed by atoms with Crippen LogP contribution in [0.5, 0.6) is 0 Å². The van der Waals surface area contributed by atoms with Crippen LogP contribution in [0.25, 0.3) is 0 Å². The van der Waals surface area contributed by atoms with Crippen LogP contribution >= 0.6 is 37.2 Å². The van der Waals surface area contributed by atoms with Crippen LogP contribution in [0.3, 0.4) is 0 Å². The normalized spacial score (nSPS) is 8.33. The topological polar surface area (TPSA) is 0 Å². The van der Waals surface area contributed by atoms with Gasteiger partial charge < -0.3 is 20.8 Å². The Labute approximate surface area is 145 Å². The molecule has 0 N–H and O–H groups in total. The molecule has 116 valence electrons. The molecule has 0 atom stereocenters. The second-order valence-electron chi connectivity index (χ2n) is 2.99. The first kappa shape index (κ1) is 32.4. The molecule has 0 bridgehead atoms. The van der Waals surface area contributed by atoms with E-state index in [1.165, 1.54) is 19.3 Å². The van der Waals surface area contributed by atoms with Crippen LogP contribution in [-0.4, -0.2) is 17.4 Å². The van der Waals surface area contributed by atoms with Crippen molar-refractivity contribution in [1.82, 2.24) is 0 Å². The predicted octanol–water partition coefficient (Wildman–Crippen LogP) is 6.43. The first-order chi connectivity index (χ1) is 7.74. The molecule has 0 rings (SSSR count). The van der Waals surface area contributed by atoms with Crippen molar-refractivity contribution in [1.29, 1.82) is 0 Å². The Balaban J connectivity index is -0.0000000412. The van der Waals surface area contributed by atoms with Gasteiger partial charge in [-0.2, -0.15) is 19.3 Å². The molecule has 6 heteroatoms. The van der Waals surface area contributed by atoms with Crippen molar-refractivity contribution in [2.24, 2.45) is 0 Å². The summed E-state index contributed by atoms with van der Waals surface area (Å²) in [5, 5.41) is 0.